The van der Waals surface area contributed by atoms with Gasteiger partial charge in [-0.2, -0.15) is 0 Å². The molecule has 0 spiro atoms. The summed E-state index contributed by atoms with van der Waals surface area (Å²) in [5, 5.41) is 7.83. The second kappa shape index (κ2) is 5.25. The first-order valence-electron chi connectivity index (χ1n) is 6.43. The first-order chi connectivity index (χ1) is 8.67. The maximum absolute atomic E-state index is 5.86. The van der Waals surface area contributed by atoms with Crippen molar-refractivity contribution in [3.63, 3.8) is 0 Å². The first-order valence-corrected chi connectivity index (χ1v) is 6.43. The molecule has 1 heterocycles. The fraction of sp³-hybridized carbons (Fsp3) is 0.538. The van der Waals surface area contributed by atoms with Gasteiger partial charge < -0.3 is 10.6 Å². The predicted octanol–water partition coefficient (Wildman–Crippen LogP) is 2.68. The largest absolute Gasteiger partial charge is 0.397 e. The third-order valence-electron chi connectivity index (χ3n) is 3.38. The van der Waals surface area contributed by atoms with Gasteiger partial charge in [-0.1, -0.05) is 20.3 Å². The molecule has 5 nitrogen and oxygen atoms in total. The summed E-state index contributed by atoms with van der Waals surface area (Å²) in [6.45, 7) is 8.51. The summed E-state index contributed by atoms with van der Waals surface area (Å²) in [5.41, 5.74) is 8.91. The van der Waals surface area contributed by atoms with Gasteiger partial charge in [0.05, 0.1) is 11.4 Å². The minimum absolute atomic E-state index is 0.606. The molecule has 0 fully saturated rings. The quantitative estimate of drug-likeness (QED) is 0.824. The highest BCUT2D eigenvalue weighted by molar-refractivity contribution is 5.95. The highest BCUT2D eigenvalue weighted by atomic mass is 16.6. The summed E-state index contributed by atoms with van der Waals surface area (Å²) in [6.07, 6.45) is 1.16. The van der Waals surface area contributed by atoms with Gasteiger partial charge >= 0.3 is 0 Å². The Labute approximate surface area is 107 Å². The van der Waals surface area contributed by atoms with Gasteiger partial charge in [-0.3, -0.25) is 0 Å². The maximum Gasteiger partial charge on any atom is 0.160 e. The molecule has 5 heteroatoms. The van der Waals surface area contributed by atoms with Crippen molar-refractivity contribution in [2.45, 2.75) is 27.2 Å². The van der Waals surface area contributed by atoms with Crippen LogP contribution >= 0.6 is 0 Å². The molecule has 0 amide bonds. The average Bonchev–Trinajstić information content (AvgIpc) is 2.86. The number of hydrogen-bond acceptors (Lipinski definition) is 5. The van der Waals surface area contributed by atoms with E-state index < -0.39 is 0 Å². The summed E-state index contributed by atoms with van der Waals surface area (Å²) in [4.78, 5) is 2.29. The lowest BCUT2D eigenvalue weighted by Crippen LogP contribution is -2.28. The number of aromatic nitrogens is 2. The van der Waals surface area contributed by atoms with E-state index in [0.717, 1.165) is 30.7 Å². The number of anilines is 2. The number of benzene rings is 1. The summed E-state index contributed by atoms with van der Waals surface area (Å²) < 4.78 is 4.81. The zero-order chi connectivity index (χ0) is 13.1. The number of hydrogen-bond donors (Lipinski definition) is 1. The molecule has 1 unspecified atom stereocenters. The zero-order valence-electron chi connectivity index (χ0n) is 11.2. The second-order valence-electron chi connectivity index (χ2n) is 4.69. The maximum atomic E-state index is 5.86. The van der Waals surface area contributed by atoms with Crippen LogP contribution in [0.2, 0.25) is 0 Å². The predicted molar refractivity (Wildman–Crippen MR) is 73.6 cm³/mol. The summed E-state index contributed by atoms with van der Waals surface area (Å²) in [6, 6.07) is 3.86. The van der Waals surface area contributed by atoms with Crippen LogP contribution in [0.5, 0.6) is 0 Å². The third-order valence-corrected chi connectivity index (χ3v) is 3.38. The van der Waals surface area contributed by atoms with E-state index in [-0.39, 0.29) is 0 Å². The number of nitrogens with two attached hydrogens (primary N) is 1. The molecule has 1 aromatic heterocycles. The van der Waals surface area contributed by atoms with Crippen LogP contribution in [-0.2, 0) is 0 Å². The molecular formula is C13H20N4O. The van der Waals surface area contributed by atoms with Crippen LogP contribution in [0.15, 0.2) is 16.8 Å². The van der Waals surface area contributed by atoms with Crippen LogP contribution in [-0.4, -0.2) is 23.4 Å². The number of nitrogens with zero attached hydrogens (tertiary/aromatic N) is 3. The van der Waals surface area contributed by atoms with Crippen LogP contribution in [0, 0.1) is 5.92 Å². The van der Waals surface area contributed by atoms with Crippen LogP contribution in [0.3, 0.4) is 0 Å². The second-order valence-corrected chi connectivity index (χ2v) is 4.69. The number of fused-ring (bicyclic) bond motifs is 1. The standard InChI is InChI=1S/C13H20N4O/c1-4-9(3)8-17(5-2)11-7-6-10(14)12-13(11)16-18-15-12/h6-7,9H,4-5,8,14H2,1-3H3. The van der Waals surface area contributed by atoms with Gasteiger partial charge in [0.1, 0.15) is 0 Å². The van der Waals surface area contributed by atoms with Gasteiger partial charge in [0.25, 0.3) is 0 Å². The molecule has 0 saturated carbocycles. The Balaban J connectivity index is 2.39. The fourth-order valence-corrected chi connectivity index (χ4v) is 2.03. The molecule has 1 aromatic carbocycles. The average molecular weight is 248 g/mol. The van der Waals surface area contributed by atoms with Gasteiger partial charge in [-0.05, 0) is 35.3 Å². The highest BCUT2D eigenvalue weighted by Gasteiger charge is 2.16. The molecule has 0 aliphatic carbocycles. The Morgan fingerprint density at radius 3 is 2.67 bits per heavy atom. The van der Waals surface area contributed by atoms with Crippen molar-refractivity contribution >= 4 is 22.4 Å². The molecule has 0 aliphatic rings. The topological polar surface area (TPSA) is 68.2 Å². The lowest BCUT2D eigenvalue weighted by atomic mass is 10.1. The van der Waals surface area contributed by atoms with Gasteiger partial charge in [-0.25, -0.2) is 4.63 Å². The smallest absolute Gasteiger partial charge is 0.160 e. The van der Waals surface area contributed by atoms with Gasteiger partial charge in [0.15, 0.2) is 11.0 Å². The molecule has 2 N–H and O–H groups in total. The van der Waals surface area contributed by atoms with Gasteiger partial charge in [0, 0.05) is 13.1 Å². The zero-order valence-corrected chi connectivity index (χ0v) is 11.2. The molecule has 0 radical (unpaired) electrons. The molecule has 0 saturated heterocycles. The van der Waals surface area contributed by atoms with Crippen LogP contribution < -0.4 is 10.6 Å². The molecular weight excluding hydrogens is 228 g/mol. The SMILES string of the molecule is CCC(C)CN(CC)c1ccc(N)c2nonc12. The van der Waals surface area contributed by atoms with E-state index in [2.05, 4.69) is 36.0 Å². The minimum atomic E-state index is 0.606. The van der Waals surface area contributed by atoms with Crippen molar-refractivity contribution < 1.29 is 4.63 Å². The Morgan fingerprint density at radius 1 is 1.28 bits per heavy atom. The van der Waals surface area contributed by atoms with Crippen molar-refractivity contribution in [3.05, 3.63) is 12.1 Å². The number of nitrogen functional groups attached to an aromatic ring is 1. The summed E-state index contributed by atoms with van der Waals surface area (Å²) in [5.74, 6) is 0.636. The lowest BCUT2D eigenvalue weighted by molar-refractivity contribution is 0.315. The van der Waals surface area contributed by atoms with E-state index >= 15 is 0 Å². The van der Waals surface area contributed by atoms with E-state index in [4.69, 9.17) is 10.4 Å². The highest BCUT2D eigenvalue weighted by Crippen LogP contribution is 2.28. The Bertz CT molecular complexity index is 523. The first kappa shape index (κ1) is 12.7. The monoisotopic (exact) mass is 248 g/mol. The molecule has 98 valence electrons. The Kier molecular flexibility index (Phi) is 3.69. The molecule has 2 aromatic rings. The molecule has 18 heavy (non-hydrogen) atoms. The van der Waals surface area contributed by atoms with Crippen LogP contribution in [0.1, 0.15) is 27.2 Å². The van der Waals surface area contributed by atoms with Crippen molar-refractivity contribution in [2.24, 2.45) is 5.92 Å². The van der Waals surface area contributed by atoms with Crippen LogP contribution in [0.4, 0.5) is 11.4 Å². The molecule has 0 bridgehead atoms. The van der Waals surface area contributed by atoms with Crippen molar-refractivity contribution in [2.75, 3.05) is 23.7 Å². The third kappa shape index (κ3) is 2.25. The van der Waals surface area contributed by atoms with Crippen molar-refractivity contribution in [3.8, 4) is 0 Å². The Morgan fingerprint density at radius 2 is 2.00 bits per heavy atom. The minimum Gasteiger partial charge on any atom is -0.397 e. The van der Waals surface area contributed by atoms with Gasteiger partial charge in [0.2, 0.25) is 0 Å². The fourth-order valence-electron chi connectivity index (χ4n) is 2.03. The van der Waals surface area contributed by atoms with Crippen LogP contribution in [0.25, 0.3) is 11.0 Å². The van der Waals surface area contributed by atoms with E-state index in [1.165, 1.54) is 0 Å². The molecule has 0 aliphatic heterocycles. The molecule has 1 atom stereocenters. The lowest BCUT2D eigenvalue weighted by Gasteiger charge is -2.26. The molecule has 2 rings (SSSR count). The van der Waals surface area contributed by atoms with E-state index in [1.807, 2.05) is 12.1 Å². The summed E-state index contributed by atoms with van der Waals surface area (Å²) in [7, 11) is 0. The summed E-state index contributed by atoms with van der Waals surface area (Å²) >= 11 is 0. The van der Waals surface area contributed by atoms with Crippen molar-refractivity contribution in [1.82, 2.24) is 10.3 Å². The number of rotatable bonds is 5. The van der Waals surface area contributed by atoms with E-state index in [0.29, 0.717) is 17.1 Å². The Hall–Kier alpha value is -1.78. The van der Waals surface area contributed by atoms with E-state index in [9.17, 15) is 0 Å². The normalized spacial score (nSPS) is 12.8. The van der Waals surface area contributed by atoms with Crippen molar-refractivity contribution in [1.29, 1.82) is 0 Å². The van der Waals surface area contributed by atoms with E-state index in [1.54, 1.807) is 0 Å². The van der Waals surface area contributed by atoms with Gasteiger partial charge in [-0.15, -0.1) is 0 Å².